The van der Waals surface area contributed by atoms with E-state index in [1.54, 1.807) is 6.07 Å². The van der Waals surface area contributed by atoms with Crippen molar-refractivity contribution in [3.63, 3.8) is 0 Å². The first-order chi connectivity index (χ1) is 7.79. The molecule has 2 N–H and O–H groups in total. The van der Waals surface area contributed by atoms with Crippen molar-refractivity contribution in [3.8, 4) is 11.6 Å². The highest BCUT2D eigenvalue weighted by atomic mass is 19.1. The van der Waals surface area contributed by atoms with Crippen LogP contribution in [0.2, 0.25) is 0 Å². The minimum Gasteiger partial charge on any atom is -0.434 e. The highest BCUT2D eigenvalue weighted by Gasteiger charge is 2.06. The number of nitrogens with zero attached hydrogens (tertiary/aromatic N) is 2. The van der Waals surface area contributed by atoms with Gasteiger partial charge in [0.25, 0.3) is 0 Å². The van der Waals surface area contributed by atoms with Gasteiger partial charge in [0.15, 0.2) is 11.6 Å². The molecular weight excluding hydrogens is 209 g/mol. The van der Waals surface area contributed by atoms with Crippen LogP contribution in [0.3, 0.4) is 0 Å². The van der Waals surface area contributed by atoms with E-state index >= 15 is 0 Å². The highest BCUT2D eigenvalue weighted by molar-refractivity contribution is 5.31. The smallest absolute Gasteiger partial charge is 0.237 e. The second-order valence-electron chi connectivity index (χ2n) is 3.11. The summed E-state index contributed by atoms with van der Waals surface area (Å²) in [5.74, 6) is -0.104. The third-order valence-corrected chi connectivity index (χ3v) is 1.99. The average molecular weight is 219 g/mol. The van der Waals surface area contributed by atoms with Gasteiger partial charge in [0.1, 0.15) is 0 Å². The molecule has 0 radical (unpaired) electrons. The summed E-state index contributed by atoms with van der Waals surface area (Å²) >= 11 is 0. The van der Waals surface area contributed by atoms with Crippen molar-refractivity contribution in [1.29, 1.82) is 0 Å². The van der Waals surface area contributed by atoms with Gasteiger partial charge in [-0.15, -0.1) is 0 Å². The van der Waals surface area contributed by atoms with Crippen molar-refractivity contribution in [2.45, 2.75) is 6.54 Å². The lowest BCUT2D eigenvalue weighted by Gasteiger charge is -2.05. The van der Waals surface area contributed by atoms with Crippen LogP contribution in [0.15, 0.2) is 36.8 Å². The molecule has 0 saturated carbocycles. The van der Waals surface area contributed by atoms with Crippen LogP contribution in [-0.4, -0.2) is 9.97 Å². The van der Waals surface area contributed by atoms with Crippen LogP contribution in [0.5, 0.6) is 11.6 Å². The Balaban J connectivity index is 2.22. The lowest BCUT2D eigenvalue weighted by Crippen LogP contribution is -1.98. The molecule has 0 aliphatic heterocycles. The monoisotopic (exact) mass is 219 g/mol. The van der Waals surface area contributed by atoms with Gasteiger partial charge in [0.2, 0.25) is 5.88 Å². The number of benzene rings is 1. The Morgan fingerprint density at radius 1 is 1.31 bits per heavy atom. The Bertz CT molecular complexity index is 476. The molecular formula is C11H10FN3O. The first kappa shape index (κ1) is 10.5. The highest BCUT2D eigenvalue weighted by Crippen LogP contribution is 2.22. The SMILES string of the molecule is NCc1ccc(Oc2cnccn2)c(F)c1. The predicted molar refractivity (Wildman–Crippen MR) is 56.4 cm³/mol. The Morgan fingerprint density at radius 3 is 2.81 bits per heavy atom. The molecule has 5 heteroatoms. The molecule has 0 aliphatic carbocycles. The fraction of sp³-hybridized carbons (Fsp3) is 0.0909. The van der Waals surface area contributed by atoms with E-state index in [-0.39, 0.29) is 11.6 Å². The molecule has 0 unspecified atom stereocenters. The fourth-order valence-corrected chi connectivity index (χ4v) is 1.20. The van der Waals surface area contributed by atoms with E-state index < -0.39 is 5.82 Å². The maximum absolute atomic E-state index is 13.5. The summed E-state index contributed by atoms with van der Waals surface area (Å²) in [4.78, 5) is 7.70. The Labute approximate surface area is 91.9 Å². The van der Waals surface area contributed by atoms with Crippen LogP contribution < -0.4 is 10.5 Å². The van der Waals surface area contributed by atoms with Gasteiger partial charge in [-0.25, -0.2) is 9.37 Å². The zero-order chi connectivity index (χ0) is 11.4. The summed E-state index contributed by atoms with van der Waals surface area (Å²) in [7, 11) is 0. The molecule has 0 atom stereocenters. The summed E-state index contributed by atoms with van der Waals surface area (Å²) in [5.41, 5.74) is 6.10. The number of nitrogens with two attached hydrogens (primary N) is 1. The number of hydrogen-bond donors (Lipinski definition) is 1. The van der Waals surface area contributed by atoms with Gasteiger partial charge in [-0.2, -0.15) is 0 Å². The van der Waals surface area contributed by atoms with Gasteiger partial charge in [0, 0.05) is 18.9 Å². The Hall–Kier alpha value is -2.01. The molecule has 0 aliphatic rings. The number of halogens is 1. The van der Waals surface area contributed by atoms with Crippen molar-refractivity contribution >= 4 is 0 Å². The molecule has 0 fully saturated rings. The zero-order valence-corrected chi connectivity index (χ0v) is 8.43. The van der Waals surface area contributed by atoms with E-state index in [2.05, 4.69) is 9.97 Å². The van der Waals surface area contributed by atoms with Crippen LogP contribution in [0.4, 0.5) is 4.39 Å². The minimum atomic E-state index is -0.464. The summed E-state index contributed by atoms with van der Waals surface area (Å²) in [6.45, 7) is 0.294. The quantitative estimate of drug-likeness (QED) is 0.855. The Morgan fingerprint density at radius 2 is 2.19 bits per heavy atom. The molecule has 1 aromatic heterocycles. The molecule has 0 bridgehead atoms. The Kier molecular flexibility index (Phi) is 3.07. The largest absolute Gasteiger partial charge is 0.434 e. The lowest BCUT2D eigenvalue weighted by atomic mass is 10.2. The summed E-state index contributed by atoms with van der Waals surface area (Å²) in [6.07, 6.45) is 4.40. The van der Waals surface area contributed by atoms with Crippen molar-refractivity contribution in [3.05, 3.63) is 48.2 Å². The summed E-state index contributed by atoms with van der Waals surface area (Å²) in [6, 6.07) is 4.56. The van der Waals surface area contributed by atoms with E-state index in [4.69, 9.17) is 10.5 Å². The van der Waals surface area contributed by atoms with Crippen LogP contribution in [0.1, 0.15) is 5.56 Å². The third kappa shape index (κ3) is 2.32. The fourth-order valence-electron chi connectivity index (χ4n) is 1.20. The molecule has 1 aromatic carbocycles. The normalized spacial score (nSPS) is 10.1. The molecule has 0 saturated heterocycles. The van der Waals surface area contributed by atoms with Gasteiger partial charge in [-0.05, 0) is 17.7 Å². The maximum Gasteiger partial charge on any atom is 0.237 e. The van der Waals surface area contributed by atoms with Gasteiger partial charge < -0.3 is 10.5 Å². The number of aromatic nitrogens is 2. The molecule has 1 heterocycles. The third-order valence-electron chi connectivity index (χ3n) is 1.99. The maximum atomic E-state index is 13.5. The van der Waals surface area contributed by atoms with Gasteiger partial charge >= 0.3 is 0 Å². The molecule has 2 rings (SSSR count). The van der Waals surface area contributed by atoms with E-state index in [1.807, 2.05) is 0 Å². The van der Waals surface area contributed by atoms with Crippen LogP contribution in [0, 0.1) is 5.82 Å². The zero-order valence-electron chi connectivity index (χ0n) is 8.43. The first-order valence-corrected chi connectivity index (χ1v) is 4.72. The van der Waals surface area contributed by atoms with Gasteiger partial charge in [-0.3, -0.25) is 4.98 Å². The van der Waals surface area contributed by atoms with Crippen LogP contribution >= 0.6 is 0 Å². The van der Waals surface area contributed by atoms with E-state index in [9.17, 15) is 4.39 Å². The first-order valence-electron chi connectivity index (χ1n) is 4.72. The average Bonchev–Trinajstić information content (AvgIpc) is 2.33. The van der Waals surface area contributed by atoms with Crippen LogP contribution in [-0.2, 0) is 6.54 Å². The topological polar surface area (TPSA) is 61.0 Å². The van der Waals surface area contributed by atoms with Crippen molar-refractivity contribution in [2.24, 2.45) is 5.73 Å². The molecule has 2 aromatic rings. The molecule has 82 valence electrons. The van der Waals surface area contributed by atoms with E-state index in [0.717, 1.165) is 0 Å². The van der Waals surface area contributed by atoms with E-state index in [0.29, 0.717) is 12.1 Å². The van der Waals surface area contributed by atoms with Crippen molar-refractivity contribution in [1.82, 2.24) is 9.97 Å². The van der Waals surface area contributed by atoms with Crippen molar-refractivity contribution in [2.75, 3.05) is 0 Å². The van der Waals surface area contributed by atoms with Crippen molar-refractivity contribution < 1.29 is 9.13 Å². The molecule has 0 spiro atoms. The number of hydrogen-bond acceptors (Lipinski definition) is 4. The standard InChI is InChI=1S/C11H10FN3O/c12-9-5-8(6-13)1-2-10(9)16-11-7-14-3-4-15-11/h1-5,7H,6,13H2. The number of rotatable bonds is 3. The lowest BCUT2D eigenvalue weighted by molar-refractivity contribution is 0.425. The minimum absolute atomic E-state index is 0.109. The molecule has 16 heavy (non-hydrogen) atoms. The van der Waals surface area contributed by atoms with Crippen LogP contribution in [0.25, 0.3) is 0 Å². The van der Waals surface area contributed by atoms with E-state index in [1.165, 1.54) is 30.7 Å². The summed E-state index contributed by atoms with van der Waals surface area (Å²) < 4.78 is 18.7. The predicted octanol–water partition coefficient (Wildman–Crippen LogP) is 1.87. The molecule has 4 nitrogen and oxygen atoms in total. The molecule has 0 amide bonds. The summed E-state index contributed by atoms with van der Waals surface area (Å²) in [5, 5.41) is 0. The second-order valence-corrected chi connectivity index (χ2v) is 3.11. The number of ether oxygens (including phenoxy) is 1. The second kappa shape index (κ2) is 4.67. The van der Waals surface area contributed by atoms with Gasteiger partial charge in [0.05, 0.1) is 6.20 Å². The van der Waals surface area contributed by atoms with Gasteiger partial charge in [-0.1, -0.05) is 6.07 Å².